The van der Waals surface area contributed by atoms with E-state index in [4.69, 9.17) is 9.15 Å². The van der Waals surface area contributed by atoms with Crippen LogP contribution in [0.2, 0.25) is 0 Å². The van der Waals surface area contributed by atoms with Gasteiger partial charge in [0.25, 0.3) is 0 Å². The number of hydrogen-bond acceptors (Lipinski definition) is 3. The van der Waals surface area contributed by atoms with E-state index in [1.807, 2.05) is 50.2 Å². The summed E-state index contributed by atoms with van der Waals surface area (Å²) in [5, 5.41) is 0.855. The number of furan rings is 1. The van der Waals surface area contributed by atoms with Crippen LogP contribution in [0.25, 0.3) is 11.0 Å². The van der Waals surface area contributed by atoms with Crippen LogP contribution in [-0.4, -0.2) is 12.4 Å². The average Bonchev–Trinajstić information content (AvgIpc) is 2.85. The molecular weight excluding hydrogens is 518 g/mol. The number of benzene rings is 2. The molecule has 0 aliphatic carbocycles. The first-order valence-electron chi connectivity index (χ1n) is 7.17. The molecule has 0 aliphatic rings. The molecule has 0 amide bonds. The lowest BCUT2D eigenvalue weighted by Crippen LogP contribution is -2.05. The molecule has 0 bridgehead atoms. The number of aryl methyl sites for hydroxylation is 1. The fraction of sp³-hybridized carbons (Fsp3) is 0.167. The van der Waals surface area contributed by atoms with Crippen LogP contribution in [0.1, 0.15) is 28.6 Å². The molecule has 118 valence electrons. The zero-order chi connectivity index (χ0) is 16.6. The molecule has 1 aromatic heterocycles. The van der Waals surface area contributed by atoms with Crippen molar-refractivity contribution in [2.24, 2.45) is 0 Å². The van der Waals surface area contributed by atoms with E-state index in [-0.39, 0.29) is 5.78 Å². The van der Waals surface area contributed by atoms with Crippen LogP contribution in [0, 0.1) is 14.1 Å². The predicted molar refractivity (Wildman–Crippen MR) is 107 cm³/mol. The largest absolute Gasteiger partial charge is 0.492 e. The number of ether oxygens (including phenoxy) is 1. The van der Waals surface area contributed by atoms with E-state index >= 15 is 0 Å². The van der Waals surface area contributed by atoms with Crippen LogP contribution < -0.4 is 4.74 Å². The molecule has 2 aromatic carbocycles. The van der Waals surface area contributed by atoms with Crippen LogP contribution in [0.3, 0.4) is 0 Å². The molecule has 0 unspecified atom stereocenters. The second-order valence-electron chi connectivity index (χ2n) is 5.06. The summed E-state index contributed by atoms with van der Waals surface area (Å²) in [6, 6.07) is 11.4. The minimum Gasteiger partial charge on any atom is -0.492 e. The summed E-state index contributed by atoms with van der Waals surface area (Å²) in [5.41, 5.74) is 2.02. The Balaban J connectivity index is 2.11. The fourth-order valence-electron chi connectivity index (χ4n) is 2.57. The van der Waals surface area contributed by atoms with Crippen molar-refractivity contribution in [2.75, 3.05) is 6.61 Å². The molecule has 5 heteroatoms. The Bertz CT molecular complexity index is 873. The van der Waals surface area contributed by atoms with E-state index in [9.17, 15) is 4.79 Å². The highest BCUT2D eigenvalue weighted by atomic mass is 127. The standard InChI is InChI=1S/C18H14I2O3/c1-3-22-18-13(19)8-11(9-14(18)20)17(21)16-10(2)23-15-7-5-4-6-12(15)16/h4-9H,3H2,1-2H3. The maximum absolute atomic E-state index is 13.0. The minimum absolute atomic E-state index is 0.0219. The Morgan fingerprint density at radius 3 is 2.48 bits per heavy atom. The van der Waals surface area contributed by atoms with Crippen LogP contribution in [-0.2, 0) is 0 Å². The third-order valence-electron chi connectivity index (χ3n) is 3.55. The summed E-state index contributed by atoms with van der Waals surface area (Å²) >= 11 is 4.41. The van der Waals surface area contributed by atoms with Crippen LogP contribution >= 0.6 is 45.2 Å². The molecule has 1 heterocycles. The molecule has 0 saturated heterocycles. The van der Waals surface area contributed by atoms with E-state index in [2.05, 4.69) is 45.2 Å². The molecule has 3 rings (SSSR count). The SMILES string of the molecule is CCOc1c(I)cc(C(=O)c2c(C)oc3ccccc23)cc1I. The molecule has 23 heavy (non-hydrogen) atoms. The van der Waals surface area contributed by atoms with Gasteiger partial charge < -0.3 is 9.15 Å². The first kappa shape index (κ1) is 16.8. The Morgan fingerprint density at radius 2 is 1.83 bits per heavy atom. The van der Waals surface area contributed by atoms with Crippen LogP contribution in [0.15, 0.2) is 40.8 Å². The normalized spacial score (nSPS) is 11.0. The number of ketones is 1. The van der Waals surface area contributed by atoms with E-state index in [1.54, 1.807) is 0 Å². The molecule has 0 aliphatic heterocycles. The highest BCUT2D eigenvalue weighted by molar-refractivity contribution is 14.1. The summed E-state index contributed by atoms with van der Waals surface area (Å²) in [4.78, 5) is 13.0. The zero-order valence-electron chi connectivity index (χ0n) is 12.7. The number of fused-ring (bicyclic) bond motifs is 1. The molecule has 0 N–H and O–H groups in total. The maximum atomic E-state index is 13.0. The van der Waals surface area contributed by atoms with Gasteiger partial charge in [-0.1, -0.05) is 18.2 Å². The third kappa shape index (κ3) is 3.13. The van der Waals surface area contributed by atoms with Gasteiger partial charge in [0.15, 0.2) is 5.78 Å². The van der Waals surface area contributed by atoms with E-state index < -0.39 is 0 Å². The number of carbonyl (C=O) groups excluding carboxylic acids is 1. The van der Waals surface area contributed by atoms with Crippen molar-refractivity contribution >= 4 is 61.9 Å². The molecule has 0 saturated carbocycles. The Morgan fingerprint density at radius 1 is 1.17 bits per heavy atom. The van der Waals surface area contributed by atoms with Crippen molar-refractivity contribution in [3.63, 3.8) is 0 Å². The number of carbonyl (C=O) groups is 1. The summed E-state index contributed by atoms with van der Waals surface area (Å²) in [7, 11) is 0. The first-order chi connectivity index (χ1) is 11.0. The van der Waals surface area contributed by atoms with E-state index in [1.165, 1.54) is 0 Å². The predicted octanol–water partition coefficient (Wildman–Crippen LogP) is 5.58. The summed E-state index contributed by atoms with van der Waals surface area (Å²) in [6.45, 7) is 4.38. The molecule has 0 atom stereocenters. The lowest BCUT2D eigenvalue weighted by molar-refractivity contribution is 0.103. The second kappa shape index (κ2) is 6.80. The Hall–Kier alpha value is -1.09. The van der Waals surface area contributed by atoms with Crippen molar-refractivity contribution in [2.45, 2.75) is 13.8 Å². The highest BCUT2D eigenvalue weighted by Gasteiger charge is 2.21. The zero-order valence-corrected chi connectivity index (χ0v) is 17.0. The van der Waals surface area contributed by atoms with Crippen LogP contribution in [0.4, 0.5) is 0 Å². The van der Waals surface area contributed by atoms with Gasteiger partial charge in [0, 0.05) is 10.9 Å². The third-order valence-corrected chi connectivity index (χ3v) is 5.15. The number of rotatable bonds is 4. The summed E-state index contributed by atoms with van der Waals surface area (Å²) in [5.74, 6) is 1.46. The molecular formula is C18H14I2O3. The molecule has 3 aromatic rings. The molecule has 0 fully saturated rings. The smallest absolute Gasteiger partial charge is 0.197 e. The quantitative estimate of drug-likeness (QED) is 0.326. The lowest BCUT2D eigenvalue weighted by Gasteiger charge is -2.10. The van der Waals surface area contributed by atoms with Gasteiger partial charge in [0.05, 0.1) is 19.3 Å². The first-order valence-corrected chi connectivity index (χ1v) is 9.33. The van der Waals surface area contributed by atoms with Gasteiger partial charge in [-0.05, 0) is 77.2 Å². The van der Waals surface area contributed by atoms with Crippen LogP contribution in [0.5, 0.6) is 5.75 Å². The Kier molecular flexibility index (Phi) is 4.96. The number of hydrogen-bond donors (Lipinski definition) is 0. The molecule has 3 nitrogen and oxygen atoms in total. The number of halogens is 2. The topological polar surface area (TPSA) is 39.4 Å². The second-order valence-corrected chi connectivity index (χ2v) is 7.38. The van der Waals surface area contributed by atoms with Crippen molar-refractivity contribution < 1.29 is 13.9 Å². The maximum Gasteiger partial charge on any atom is 0.197 e. The fourth-order valence-corrected chi connectivity index (χ4v) is 4.65. The van der Waals surface area contributed by atoms with Crippen molar-refractivity contribution in [1.82, 2.24) is 0 Å². The van der Waals surface area contributed by atoms with Gasteiger partial charge >= 0.3 is 0 Å². The minimum atomic E-state index is -0.0219. The highest BCUT2D eigenvalue weighted by Crippen LogP contribution is 2.32. The molecule has 0 radical (unpaired) electrons. The van der Waals surface area contributed by atoms with Gasteiger partial charge in [0.1, 0.15) is 17.1 Å². The Labute approximate surface area is 161 Å². The summed E-state index contributed by atoms with van der Waals surface area (Å²) in [6.07, 6.45) is 0. The van der Waals surface area contributed by atoms with Gasteiger partial charge in [-0.15, -0.1) is 0 Å². The molecule has 0 spiro atoms. The number of para-hydroxylation sites is 1. The van der Waals surface area contributed by atoms with E-state index in [0.29, 0.717) is 23.5 Å². The van der Waals surface area contributed by atoms with Gasteiger partial charge in [0.2, 0.25) is 0 Å². The monoisotopic (exact) mass is 532 g/mol. The van der Waals surface area contributed by atoms with Crippen molar-refractivity contribution in [1.29, 1.82) is 0 Å². The van der Waals surface area contributed by atoms with Gasteiger partial charge in [-0.2, -0.15) is 0 Å². The van der Waals surface area contributed by atoms with Gasteiger partial charge in [-0.25, -0.2) is 0 Å². The van der Waals surface area contributed by atoms with Crippen molar-refractivity contribution in [3.8, 4) is 5.75 Å². The van der Waals surface area contributed by atoms with E-state index in [0.717, 1.165) is 23.9 Å². The average molecular weight is 532 g/mol. The van der Waals surface area contributed by atoms with Gasteiger partial charge in [-0.3, -0.25) is 4.79 Å². The summed E-state index contributed by atoms with van der Waals surface area (Å²) < 4.78 is 13.2. The lowest BCUT2D eigenvalue weighted by atomic mass is 10.0. The van der Waals surface area contributed by atoms with Crippen molar-refractivity contribution in [3.05, 3.63) is 60.4 Å².